The zero-order valence-corrected chi connectivity index (χ0v) is 15.5. The molecule has 2 atom stereocenters. The van der Waals surface area contributed by atoms with Crippen LogP contribution in [-0.2, 0) is 16.3 Å². The van der Waals surface area contributed by atoms with Crippen molar-refractivity contribution in [1.29, 1.82) is 0 Å². The summed E-state index contributed by atoms with van der Waals surface area (Å²) in [4.78, 5) is 2.24. The molecule has 6 heteroatoms. The fourth-order valence-electron chi connectivity index (χ4n) is 3.42. The molecule has 2 N–H and O–H groups in total. The molecule has 1 aliphatic heterocycles. The van der Waals surface area contributed by atoms with Gasteiger partial charge in [0, 0.05) is 13.1 Å². The first-order valence-electron chi connectivity index (χ1n) is 8.90. The maximum Gasteiger partial charge on any atom is 0.179 e. The number of hydrogen-bond acceptors (Lipinski definition) is 5. The van der Waals surface area contributed by atoms with Gasteiger partial charge in [-0.1, -0.05) is 30.3 Å². The Kier molecular flexibility index (Phi) is 5.96. The summed E-state index contributed by atoms with van der Waals surface area (Å²) in [6.07, 6.45) is 1.26. The van der Waals surface area contributed by atoms with Crippen molar-refractivity contribution in [1.82, 2.24) is 4.90 Å². The minimum absolute atomic E-state index is 0.00778. The maximum absolute atomic E-state index is 12.4. The molecule has 0 amide bonds. The minimum atomic E-state index is -3.39. The number of likely N-dealkylation sites (tertiary alicyclic amines) is 1. The van der Waals surface area contributed by atoms with Gasteiger partial charge in [-0.15, -0.1) is 0 Å². The number of nitrogens with zero attached hydrogens (tertiary/aromatic N) is 1. The smallest absolute Gasteiger partial charge is 0.179 e. The Bertz CT molecular complexity index is 805. The molecule has 1 aliphatic rings. The zero-order valence-electron chi connectivity index (χ0n) is 14.7. The van der Waals surface area contributed by atoms with E-state index in [0.717, 1.165) is 19.4 Å². The molecule has 0 spiro atoms. The van der Waals surface area contributed by atoms with Gasteiger partial charge in [0.2, 0.25) is 0 Å². The predicted molar refractivity (Wildman–Crippen MR) is 101 cm³/mol. The van der Waals surface area contributed by atoms with Crippen LogP contribution in [0.5, 0.6) is 5.75 Å². The van der Waals surface area contributed by atoms with E-state index < -0.39 is 15.9 Å². The summed E-state index contributed by atoms with van der Waals surface area (Å²) in [5.41, 5.74) is 1.22. The SMILES string of the molecule is O=S(=O)(CCN1CCC(Cc2ccccc2)C(O)C1)c1ccc(O)cc1. The number of aromatic hydroxyl groups is 1. The molecule has 0 aromatic heterocycles. The summed E-state index contributed by atoms with van der Waals surface area (Å²) in [6, 6.07) is 15.7. The van der Waals surface area contributed by atoms with Crippen molar-refractivity contribution in [2.75, 3.05) is 25.4 Å². The maximum atomic E-state index is 12.4. The Hall–Kier alpha value is -1.89. The Labute approximate surface area is 154 Å². The highest BCUT2D eigenvalue weighted by atomic mass is 32.2. The highest BCUT2D eigenvalue weighted by Gasteiger charge is 2.28. The number of sulfone groups is 1. The molecular weight excluding hydrogens is 350 g/mol. The second-order valence-corrected chi connectivity index (χ2v) is 9.03. The van der Waals surface area contributed by atoms with Crippen LogP contribution < -0.4 is 0 Å². The number of phenolic OH excluding ortho intramolecular Hbond substituents is 1. The van der Waals surface area contributed by atoms with E-state index in [1.807, 2.05) is 23.1 Å². The van der Waals surface area contributed by atoms with Crippen molar-refractivity contribution in [3.8, 4) is 5.75 Å². The zero-order chi connectivity index (χ0) is 18.6. The summed E-state index contributed by atoms with van der Waals surface area (Å²) in [5, 5.41) is 19.7. The van der Waals surface area contributed by atoms with Gasteiger partial charge in [-0.3, -0.25) is 4.90 Å². The second-order valence-electron chi connectivity index (χ2n) is 6.92. The third-order valence-corrected chi connectivity index (χ3v) is 6.73. The van der Waals surface area contributed by atoms with Crippen molar-refractivity contribution in [2.24, 2.45) is 5.92 Å². The van der Waals surface area contributed by atoms with E-state index in [1.54, 1.807) is 0 Å². The van der Waals surface area contributed by atoms with Crippen molar-refractivity contribution in [2.45, 2.75) is 23.8 Å². The van der Waals surface area contributed by atoms with Crippen LogP contribution in [0.2, 0.25) is 0 Å². The minimum Gasteiger partial charge on any atom is -0.508 e. The summed E-state index contributed by atoms with van der Waals surface area (Å²) in [6.45, 7) is 1.70. The highest BCUT2D eigenvalue weighted by molar-refractivity contribution is 7.91. The summed E-state index contributed by atoms with van der Waals surface area (Å²) in [5.74, 6) is 0.267. The van der Waals surface area contributed by atoms with Crippen molar-refractivity contribution in [3.05, 3.63) is 60.2 Å². The lowest BCUT2D eigenvalue weighted by atomic mass is 9.88. The molecule has 0 radical (unpaired) electrons. The number of β-amino-alcohol motifs (C(OH)–C–C–N with tert-alkyl or cyclic N) is 1. The lowest BCUT2D eigenvalue weighted by molar-refractivity contribution is 0.0245. The number of rotatable bonds is 6. The summed E-state index contributed by atoms with van der Waals surface area (Å²) in [7, 11) is -3.39. The van der Waals surface area contributed by atoms with Crippen LogP contribution >= 0.6 is 0 Å². The fraction of sp³-hybridized carbons (Fsp3) is 0.400. The fourth-order valence-corrected chi connectivity index (χ4v) is 4.71. The van der Waals surface area contributed by atoms with Crippen LogP contribution in [0.4, 0.5) is 0 Å². The van der Waals surface area contributed by atoms with Crippen molar-refractivity contribution < 1.29 is 18.6 Å². The average Bonchev–Trinajstić information content (AvgIpc) is 2.63. The van der Waals surface area contributed by atoms with E-state index >= 15 is 0 Å². The first-order valence-corrected chi connectivity index (χ1v) is 10.6. The number of aliphatic hydroxyl groups excluding tert-OH is 1. The Balaban J connectivity index is 1.52. The van der Waals surface area contributed by atoms with Gasteiger partial charge >= 0.3 is 0 Å². The first-order chi connectivity index (χ1) is 12.4. The molecule has 2 unspecified atom stereocenters. The van der Waals surface area contributed by atoms with E-state index in [9.17, 15) is 18.6 Å². The van der Waals surface area contributed by atoms with Crippen LogP contribution in [-0.4, -0.2) is 55.0 Å². The van der Waals surface area contributed by atoms with E-state index in [4.69, 9.17) is 0 Å². The summed E-state index contributed by atoms with van der Waals surface area (Å²) >= 11 is 0. The average molecular weight is 375 g/mol. The quantitative estimate of drug-likeness (QED) is 0.808. The number of piperidine rings is 1. The Morgan fingerprint density at radius 3 is 2.38 bits per heavy atom. The monoisotopic (exact) mass is 375 g/mol. The predicted octanol–water partition coefficient (Wildman–Crippen LogP) is 2.09. The largest absolute Gasteiger partial charge is 0.508 e. The highest BCUT2D eigenvalue weighted by Crippen LogP contribution is 2.23. The Morgan fingerprint density at radius 2 is 1.73 bits per heavy atom. The van der Waals surface area contributed by atoms with E-state index in [0.29, 0.717) is 13.1 Å². The van der Waals surface area contributed by atoms with Gasteiger partial charge in [-0.2, -0.15) is 0 Å². The molecule has 26 heavy (non-hydrogen) atoms. The first kappa shape index (κ1) is 18.9. The molecule has 5 nitrogen and oxygen atoms in total. The third-order valence-electron chi connectivity index (χ3n) is 5.02. The van der Waals surface area contributed by atoms with Gasteiger partial charge in [0.1, 0.15) is 5.75 Å². The van der Waals surface area contributed by atoms with Crippen molar-refractivity contribution in [3.63, 3.8) is 0 Å². The molecule has 2 aromatic rings. The lowest BCUT2D eigenvalue weighted by Gasteiger charge is -2.36. The van der Waals surface area contributed by atoms with E-state index in [1.165, 1.54) is 29.8 Å². The molecule has 140 valence electrons. The van der Waals surface area contributed by atoms with Gasteiger partial charge in [0.25, 0.3) is 0 Å². The van der Waals surface area contributed by atoms with Crippen LogP contribution in [0.3, 0.4) is 0 Å². The van der Waals surface area contributed by atoms with Gasteiger partial charge in [-0.25, -0.2) is 8.42 Å². The number of benzene rings is 2. The molecule has 0 saturated carbocycles. The normalized spacial score (nSPS) is 21.6. The van der Waals surface area contributed by atoms with Crippen LogP contribution in [0, 0.1) is 5.92 Å². The second kappa shape index (κ2) is 8.20. The number of hydrogen-bond donors (Lipinski definition) is 2. The molecular formula is C20H25NO4S. The molecule has 2 aromatic carbocycles. The molecule has 0 bridgehead atoms. The molecule has 0 aliphatic carbocycles. The Morgan fingerprint density at radius 1 is 1.04 bits per heavy atom. The van der Waals surface area contributed by atoms with E-state index in [-0.39, 0.29) is 22.3 Å². The third kappa shape index (κ3) is 4.84. The van der Waals surface area contributed by atoms with Crippen molar-refractivity contribution >= 4 is 9.84 Å². The molecule has 1 heterocycles. The van der Waals surface area contributed by atoms with Gasteiger partial charge in [0.05, 0.1) is 16.8 Å². The molecule has 1 saturated heterocycles. The molecule has 3 rings (SSSR count). The van der Waals surface area contributed by atoms with Gasteiger partial charge < -0.3 is 10.2 Å². The van der Waals surface area contributed by atoms with Crippen LogP contribution in [0.1, 0.15) is 12.0 Å². The van der Waals surface area contributed by atoms with Crippen LogP contribution in [0.15, 0.2) is 59.5 Å². The number of aliphatic hydroxyl groups is 1. The lowest BCUT2D eigenvalue weighted by Crippen LogP contribution is -2.46. The van der Waals surface area contributed by atoms with Gasteiger partial charge in [0.15, 0.2) is 9.84 Å². The standard InChI is InChI=1S/C20H25NO4S/c22-18-6-8-19(9-7-18)26(24,25)13-12-21-11-10-17(20(23)15-21)14-16-4-2-1-3-5-16/h1-9,17,20,22-23H,10-15H2. The summed E-state index contributed by atoms with van der Waals surface area (Å²) < 4.78 is 24.8. The van der Waals surface area contributed by atoms with Crippen LogP contribution in [0.25, 0.3) is 0 Å². The topological polar surface area (TPSA) is 77.8 Å². The van der Waals surface area contributed by atoms with Gasteiger partial charge in [-0.05, 0) is 55.1 Å². The molecule has 1 fully saturated rings. The van der Waals surface area contributed by atoms with E-state index in [2.05, 4.69) is 12.1 Å². The number of phenols is 1.